The fourth-order valence-corrected chi connectivity index (χ4v) is 1.79. The van der Waals surface area contributed by atoms with Crippen LogP contribution in [0, 0.1) is 0 Å². The van der Waals surface area contributed by atoms with E-state index in [1.807, 2.05) is 24.3 Å². The highest BCUT2D eigenvalue weighted by Crippen LogP contribution is 2.20. The maximum absolute atomic E-state index is 10.9. The zero-order valence-corrected chi connectivity index (χ0v) is 11.2. The van der Waals surface area contributed by atoms with Crippen molar-refractivity contribution in [1.29, 1.82) is 0 Å². The summed E-state index contributed by atoms with van der Waals surface area (Å²) in [5.74, 6) is -0.0759. The average molecular weight is 276 g/mol. The number of hydrogen-bond donors (Lipinski definition) is 2. The fraction of sp³-hybridized carbons (Fsp3) is 0.143. The molecule has 2 rings (SSSR count). The van der Waals surface area contributed by atoms with E-state index >= 15 is 0 Å². The van der Waals surface area contributed by atoms with Crippen molar-refractivity contribution in [3.63, 3.8) is 0 Å². The van der Waals surface area contributed by atoms with Gasteiger partial charge in [-0.05, 0) is 23.8 Å². The van der Waals surface area contributed by atoms with Crippen LogP contribution in [0.15, 0.2) is 42.7 Å². The monoisotopic (exact) mass is 275 g/mol. The fourth-order valence-electron chi connectivity index (χ4n) is 1.61. The van der Waals surface area contributed by atoms with E-state index < -0.39 is 0 Å². The lowest BCUT2D eigenvalue weighted by Gasteiger charge is -2.08. The molecular weight excluding hydrogens is 262 g/mol. The molecule has 5 heteroatoms. The van der Waals surface area contributed by atoms with Gasteiger partial charge in [0.05, 0.1) is 16.9 Å². The molecule has 1 amide bonds. The predicted molar refractivity (Wildman–Crippen MR) is 77.3 cm³/mol. The van der Waals surface area contributed by atoms with E-state index in [0.717, 1.165) is 16.9 Å². The minimum Gasteiger partial charge on any atom is -0.379 e. The molecule has 0 fully saturated rings. The Hall–Kier alpha value is -2.07. The van der Waals surface area contributed by atoms with Crippen LogP contribution in [-0.2, 0) is 11.3 Å². The summed E-state index contributed by atoms with van der Waals surface area (Å²) in [6, 6.07) is 9.36. The highest BCUT2D eigenvalue weighted by atomic mass is 35.5. The van der Waals surface area contributed by atoms with Gasteiger partial charge in [-0.15, -0.1) is 0 Å². The van der Waals surface area contributed by atoms with Crippen LogP contribution in [0.5, 0.6) is 0 Å². The quantitative estimate of drug-likeness (QED) is 0.900. The van der Waals surface area contributed by atoms with E-state index in [1.54, 1.807) is 18.5 Å². The zero-order chi connectivity index (χ0) is 13.7. The molecule has 0 spiro atoms. The van der Waals surface area contributed by atoms with Gasteiger partial charge in [0.25, 0.3) is 0 Å². The van der Waals surface area contributed by atoms with E-state index in [2.05, 4.69) is 15.6 Å². The molecule has 0 radical (unpaired) electrons. The Balaban J connectivity index is 1.97. The molecule has 4 nitrogen and oxygen atoms in total. The smallest absolute Gasteiger partial charge is 0.221 e. The van der Waals surface area contributed by atoms with Crippen LogP contribution in [0.25, 0.3) is 0 Å². The number of nitrogens with zero attached hydrogens (tertiary/aromatic N) is 1. The zero-order valence-electron chi connectivity index (χ0n) is 10.5. The van der Waals surface area contributed by atoms with Crippen molar-refractivity contribution in [2.24, 2.45) is 0 Å². The third kappa shape index (κ3) is 3.96. The molecule has 98 valence electrons. The Bertz CT molecular complexity index is 569. The van der Waals surface area contributed by atoms with Crippen molar-refractivity contribution in [2.75, 3.05) is 10.6 Å². The first-order valence-electron chi connectivity index (χ1n) is 5.85. The molecule has 1 heterocycles. The van der Waals surface area contributed by atoms with Gasteiger partial charge in [0, 0.05) is 25.4 Å². The molecule has 0 aliphatic heterocycles. The topological polar surface area (TPSA) is 54.0 Å². The first kappa shape index (κ1) is 13.4. The van der Waals surface area contributed by atoms with Gasteiger partial charge in [-0.2, -0.15) is 0 Å². The lowest BCUT2D eigenvalue weighted by atomic mass is 10.2. The number of anilines is 2. The molecule has 2 aromatic rings. The Morgan fingerprint density at radius 3 is 2.63 bits per heavy atom. The predicted octanol–water partition coefficient (Wildman–Crippen LogP) is 3.31. The van der Waals surface area contributed by atoms with Gasteiger partial charge >= 0.3 is 0 Å². The maximum Gasteiger partial charge on any atom is 0.221 e. The minimum atomic E-state index is -0.0759. The largest absolute Gasteiger partial charge is 0.379 e. The number of halogens is 1. The van der Waals surface area contributed by atoms with Gasteiger partial charge in [0.15, 0.2) is 0 Å². The van der Waals surface area contributed by atoms with Crippen molar-refractivity contribution >= 4 is 28.9 Å². The third-order valence-electron chi connectivity index (χ3n) is 2.53. The molecule has 0 saturated heterocycles. The van der Waals surface area contributed by atoms with Crippen LogP contribution in [0.4, 0.5) is 11.4 Å². The van der Waals surface area contributed by atoms with Crippen molar-refractivity contribution in [3.8, 4) is 0 Å². The van der Waals surface area contributed by atoms with Crippen molar-refractivity contribution in [2.45, 2.75) is 13.5 Å². The van der Waals surface area contributed by atoms with Crippen molar-refractivity contribution in [1.82, 2.24) is 4.98 Å². The van der Waals surface area contributed by atoms with E-state index in [0.29, 0.717) is 11.6 Å². The standard InChI is InChI=1S/C14H14ClN3O/c1-10(19)18-12-4-2-11(3-5-12)8-17-14-9-16-7-6-13(14)15/h2-7,9,17H,8H2,1H3,(H,18,19). The molecule has 1 aromatic carbocycles. The third-order valence-corrected chi connectivity index (χ3v) is 2.85. The molecule has 0 aliphatic carbocycles. The normalized spacial score (nSPS) is 10.0. The summed E-state index contributed by atoms with van der Waals surface area (Å²) in [4.78, 5) is 14.9. The van der Waals surface area contributed by atoms with Gasteiger partial charge in [-0.3, -0.25) is 9.78 Å². The average Bonchev–Trinajstić information content (AvgIpc) is 2.39. The number of hydrogen-bond acceptors (Lipinski definition) is 3. The first-order chi connectivity index (χ1) is 9.15. The molecule has 0 unspecified atom stereocenters. The molecular formula is C14H14ClN3O. The lowest BCUT2D eigenvalue weighted by Crippen LogP contribution is -2.06. The SMILES string of the molecule is CC(=O)Nc1ccc(CNc2cnccc2Cl)cc1. The molecule has 2 N–H and O–H groups in total. The van der Waals surface area contributed by atoms with Crippen LogP contribution >= 0.6 is 11.6 Å². The van der Waals surface area contributed by atoms with Gasteiger partial charge < -0.3 is 10.6 Å². The van der Waals surface area contributed by atoms with E-state index in [-0.39, 0.29) is 5.91 Å². The summed E-state index contributed by atoms with van der Waals surface area (Å²) in [6.45, 7) is 2.13. The summed E-state index contributed by atoms with van der Waals surface area (Å²) in [5, 5.41) is 6.58. The second-order valence-electron chi connectivity index (χ2n) is 4.09. The Morgan fingerprint density at radius 2 is 2.00 bits per heavy atom. The molecule has 0 aliphatic rings. The highest BCUT2D eigenvalue weighted by molar-refractivity contribution is 6.33. The molecule has 1 aromatic heterocycles. The Kier molecular flexibility index (Phi) is 4.36. The van der Waals surface area contributed by atoms with Crippen LogP contribution < -0.4 is 10.6 Å². The molecule has 19 heavy (non-hydrogen) atoms. The number of amides is 1. The highest BCUT2D eigenvalue weighted by Gasteiger charge is 2.00. The van der Waals surface area contributed by atoms with Crippen molar-refractivity contribution in [3.05, 3.63) is 53.3 Å². The van der Waals surface area contributed by atoms with Crippen LogP contribution in [0.2, 0.25) is 5.02 Å². The van der Waals surface area contributed by atoms with E-state index in [1.165, 1.54) is 6.92 Å². The van der Waals surface area contributed by atoms with E-state index in [9.17, 15) is 4.79 Å². The van der Waals surface area contributed by atoms with Crippen LogP contribution in [-0.4, -0.2) is 10.9 Å². The number of rotatable bonds is 4. The lowest BCUT2D eigenvalue weighted by molar-refractivity contribution is -0.114. The molecule has 0 saturated carbocycles. The van der Waals surface area contributed by atoms with Crippen LogP contribution in [0.3, 0.4) is 0 Å². The Labute approximate surface area is 116 Å². The number of carbonyl (C=O) groups is 1. The summed E-state index contributed by atoms with van der Waals surface area (Å²) in [6.07, 6.45) is 3.34. The van der Waals surface area contributed by atoms with Gasteiger partial charge in [0.1, 0.15) is 0 Å². The van der Waals surface area contributed by atoms with Crippen LogP contribution in [0.1, 0.15) is 12.5 Å². The van der Waals surface area contributed by atoms with Crippen molar-refractivity contribution < 1.29 is 4.79 Å². The summed E-state index contributed by atoms with van der Waals surface area (Å²) >= 11 is 6.02. The second kappa shape index (κ2) is 6.20. The van der Waals surface area contributed by atoms with Gasteiger partial charge in [-0.25, -0.2) is 0 Å². The van der Waals surface area contributed by atoms with Gasteiger partial charge in [0.2, 0.25) is 5.91 Å². The number of carbonyl (C=O) groups excluding carboxylic acids is 1. The maximum atomic E-state index is 10.9. The number of pyridine rings is 1. The minimum absolute atomic E-state index is 0.0759. The van der Waals surface area contributed by atoms with Gasteiger partial charge in [-0.1, -0.05) is 23.7 Å². The molecule has 0 atom stereocenters. The number of aromatic nitrogens is 1. The number of nitrogens with one attached hydrogen (secondary N) is 2. The summed E-state index contributed by atoms with van der Waals surface area (Å²) < 4.78 is 0. The van der Waals surface area contributed by atoms with E-state index in [4.69, 9.17) is 11.6 Å². The Morgan fingerprint density at radius 1 is 1.26 bits per heavy atom. The summed E-state index contributed by atoms with van der Waals surface area (Å²) in [7, 11) is 0. The summed E-state index contributed by atoms with van der Waals surface area (Å²) in [5.41, 5.74) is 2.68. The first-order valence-corrected chi connectivity index (χ1v) is 6.23. The second-order valence-corrected chi connectivity index (χ2v) is 4.49. The number of benzene rings is 1. The molecule has 0 bridgehead atoms.